The van der Waals surface area contributed by atoms with E-state index in [2.05, 4.69) is 4.90 Å². The Labute approximate surface area is 185 Å². The minimum Gasteiger partial charge on any atom is -0.342 e. The Morgan fingerprint density at radius 3 is 2.13 bits per heavy atom. The van der Waals surface area contributed by atoms with E-state index in [-0.39, 0.29) is 4.90 Å². The van der Waals surface area contributed by atoms with E-state index in [0.29, 0.717) is 17.1 Å². The molecule has 3 heterocycles. The van der Waals surface area contributed by atoms with Gasteiger partial charge in [0.2, 0.25) is 10.0 Å². The van der Waals surface area contributed by atoms with E-state index in [4.69, 9.17) is 21.7 Å². The zero-order valence-corrected chi connectivity index (χ0v) is 18.7. The van der Waals surface area contributed by atoms with E-state index in [0.717, 1.165) is 26.8 Å². The van der Waals surface area contributed by atoms with Crippen molar-refractivity contribution >= 4 is 38.1 Å². The quantitative estimate of drug-likeness (QED) is 0.574. The number of thiazole rings is 1. The van der Waals surface area contributed by atoms with E-state index in [1.165, 1.54) is 32.1 Å². The van der Waals surface area contributed by atoms with Crippen molar-refractivity contribution in [3.05, 3.63) is 53.6 Å². The summed E-state index contributed by atoms with van der Waals surface area (Å²) in [7, 11) is -3.72. The number of aromatic nitrogens is 1. The Balaban J connectivity index is 1.61. The number of nitrogens with two attached hydrogens (primary N) is 1. The van der Waals surface area contributed by atoms with Crippen LogP contribution in [0, 0.1) is 0 Å². The van der Waals surface area contributed by atoms with Crippen LogP contribution in [0.4, 0.5) is 5.13 Å². The van der Waals surface area contributed by atoms with Crippen LogP contribution in [0.1, 0.15) is 32.1 Å². The number of anilines is 1. The van der Waals surface area contributed by atoms with Crippen LogP contribution in [0.25, 0.3) is 21.7 Å². The van der Waals surface area contributed by atoms with Crippen molar-refractivity contribution in [3.63, 3.8) is 0 Å². The molecule has 0 aliphatic carbocycles. The van der Waals surface area contributed by atoms with Gasteiger partial charge in [-0.2, -0.15) is 0 Å². The molecule has 2 aliphatic heterocycles. The minimum atomic E-state index is -3.72. The molecule has 0 radical (unpaired) electrons. The predicted octanol–water partition coefficient (Wildman–Crippen LogP) is 5.30. The van der Waals surface area contributed by atoms with Crippen molar-refractivity contribution in [3.8, 4) is 21.7 Å². The van der Waals surface area contributed by atoms with Crippen LogP contribution in [-0.2, 0) is 10.0 Å². The standard InChI is InChI=1S/C22H22ClN3O2S2/c23-16-8-4-14(5-9-16)20-21(15-6-12-19(13-7-15)30(24,27)28)29-22(25-20)26-17-2-1-3-18(26)11-10-17/h4-9,12-13,17-18H,1-3,10-11H2,(H2,24,27,28). The Kier molecular flexibility index (Phi) is 5.09. The maximum Gasteiger partial charge on any atom is 0.238 e. The van der Waals surface area contributed by atoms with Gasteiger partial charge >= 0.3 is 0 Å². The fraction of sp³-hybridized carbons (Fsp3) is 0.318. The first-order valence-corrected chi connectivity index (χ1v) is 12.8. The average molecular weight is 460 g/mol. The van der Waals surface area contributed by atoms with Gasteiger partial charge in [-0.25, -0.2) is 18.5 Å². The van der Waals surface area contributed by atoms with Gasteiger partial charge in [-0.15, -0.1) is 0 Å². The van der Waals surface area contributed by atoms with Crippen LogP contribution in [0.5, 0.6) is 0 Å². The Morgan fingerprint density at radius 2 is 1.53 bits per heavy atom. The molecular formula is C22H22ClN3O2S2. The lowest BCUT2D eigenvalue weighted by Crippen LogP contribution is -2.39. The number of sulfonamides is 1. The lowest BCUT2D eigenvalue weighted by molar-refractivity contribution is 0.467. The van der Waals surface area contributed by atoms with Crippen molar-refractivity contribution in [2.24, 2.45) is 5.14 Å². The topological polar surface area (TPSA) is 76.3 Å². The molecule has 2 N–H and O–H groups in total. The third-order valence-corrected chi connectivity index (χ3v) is 8.39. The van der Waals surface area contributed by atoms with Gasteiger partial charge in [0, 0.05) is 22.7 Å². The number of nitrogens with zero attached hydrogens (tertiary/aromatic N) is 2. The second-order valence-electron chi connectivity index (χ2n) is 7.97. The monoisotopic (exact) mass is 459 g/mol. The number of fused-ring (bicyclic) bond motifs is 2. The van der Waals surface area contributed by atoms with E-state index in [1.807, 2.05) is 24.3 Å². The molecule has 0 amide bonds. The highest BCUT2D eigenvalue weighted by Crippen LogP contribution is 2.46. The second kappa shape index (κ2) is 7.64. The predicted molar refractivity (Wildman–Crippen MR) is 123 cm³/mol. The molecule has 2 aromatic carbocycles. The number of halogens is 1. The summed E-state index contributed by atoms with van der Waals surface area (Å²) < 4.78 is 23.3. The summed E-state index contributed by atoms with van der Waals surface area (Å²) in [6.45, 7) is 0. The first kappa shape index (κ1) is 20.0. The Hall–Kier alpha value is -1.93. The summed E-state index contributed by atoms with van der Waals surface area (Å²) in [5, 5.41) is 7.00. The molecule has 0 saturated carbocycles. The molecule has 5 rings (SSSR count). The van der Waals surface area contributed by atoms with Crippen LogP contribution in [0.15, 0.2) is 53.4 Å². The van der Waals surface area contributed by atoms with Crippen LogP contribution in [0.3, 0.4) is 0 Å². The molecule has 2 fully saturated rings. The summed E-state index contributed by atoms with van der Waals surface area (Å²) >= 11 is 7.77. The molecule has 8 heteroatoms. The van der Waals surface area contributed by atoms with E-state index >= 15 is 0 Å². The lowest BCUT2D eigenvalue weighted by Gasteiger charge is -2.34. The number of rotatable bonds is 4. The van der Waals surface area contributed by atoms with E-state index in [9.17, 15) is 8.42 Å². The molecular weight excluding hydrogens is 438 g/mol. The number of primary sulfonamides is 1. The van der Waals surface area contributed by atoms with E-state index < -0.39 is 10.0 Å². The Bertz CT molecular complexity index is 1160. The molecule has 1 aromatic heterocycles. The molecule has 2 bridgehead atoms. The van der Waals surface area contributed by atoms with Crippen LogP contribution >= 0.6 is 22.9 Å². The van der Waals surface area contributed by atoms with Crippen molar-refractivity contribution in [2.45, 2.75) is 49.1 Å². The first-order chi connectivity index (χ1) is 14.4. The molecule has 0 spiro atoms. The SMILES string of the molecule is NS(=O)(=O)c1ccc(-c2sc(N3C4CCCC3CC4)nc2-c2ccc(Cl)cc2)cc1. The molecule has 2 aliphatic rings. The average Bonchev–Trinajstić information content (AvgIpc) is 3.26. The zero-order chi connectivity index (χ0) is 20.9. The van der Waals surface area contributed by atoms with Crippen LogP contribution in [0.2, 0.25) is 5.02 Å². The van der Waals surface area contributed by atoms with Gasteiger partial charge in [0.1, 0.15) is 0 Å². The van der Waals surface area contributed by atoms with Crippen molar-refractivity contribution < 1.29 is 8.42 Å². The number of piperidine rings is 1. The molecule has 2 saturated heterocycles. The molecule has 3 aromatic rings. The maximum absolute atomic E-state index is 11.6. The summed E-state index contributed by atoms with van der Waals surface area (Å²) in [4.78, 5) is 8.74. The molecule has 5 nitrogen and oxygen atoms in total. The number of hydrogen-bond donors (Lipinski definition) is 1. The van der Waals surface area contributed by atoms with Gasteiger partial charge in [-0.3, -0.25) is 0 Å². The normalized spacial score (nSPS) is 21.2. The van der Waals surface area contributed by atoms with Gasteiger partial charge in [0.25, 0.3) is 0 Å². The van der Waals surface area contributed by atoms with Gasteiger partial charge in [0.05, 0.1) is 15.5 Å². The fourth-order valence-corrected chi connectivity index (χ4v) is 6.52. The number of hydrogen-bond acceptors (Lipinski definition) is 5. The fourth-order valence-electron chi connectivity index (χ4n) is 4.64. The van der Waals surface area contributed by atoms with Crippen LogP contribution < -0.4 is 10.0 Å². The summed E-state index contributed by atoms with van der Waals surface area (Å²) in [6.07, 6.45) is 6.22. The molecule has 2 atom stereocenters. The van der Waals surface area contributed by atoms with Crippen molar-refractivity contribution in [1.82, 2.24) is 4.98 Å². The van der Waals surface area contributed by atoms with Crippen molar-refractivity contribution in [2.75, 3.05) is 4.90 Å². The molecule has 30 heavy (non-hydrogen) atoms. The minimum absolute atomic E-state index is 0.109. The summed E-state index contributed by atoms with van der Waals surface area (Å²) in [5.41, 5.74) is 2.83. The Morgan fingerprint density at radius 1 is 0.933 bits per heavy atom. The zero-order valence-electron chi connectivity index (χ0n) is 16.3. The third-order valence-electron chi connectivity index (χ3n) is 6.09. The summed E-state index contributed by atoms with van der Waals surface area (Å²) in [6, 6.07) is 15.6. The highest BCUT2D eigenvalue weighted by Gasteiger charge is 2.38. The van der Waals surface area contributed by atoms with Gasteiger partial charge in [0.15, 0.2) is 5.13 Å². The third kappa shape index (κ3) is 3.64. The summed E-state index contributed by atoms with van der Waals surface area (Å²) in [5.74, 6) is 0. The second-order valence-corrected chi connectivity index (χ2v) is 10.9. The number of benzene rings is 2. The van der Waals surface area contributed by atoms with Crippen molar-refractivity contribution in [1.29, 1.82) is 0 Å². The van der Waals surface area contributed by atoms with Gasteiger partial charge in [-0.1, -0.05) is 47.2 Å². The maximum atomic E-state index is 11.6. The first-order valence-electron chi connectivity index (χ1n) is 10.1. The highest BCUT2D eigenvalue weighted by molar-refractivity contribution is 7.89. The van der Waals surface area contributed by atoms with Gasteiger partial charge in [-0.05, 0) is 61.9 Å². The largest absolute Gasteiger partial charge is 0.342 e. The van der Waals surface area contributed by atoms with E-state index in [1.54, 1.807) is 35.6 Å². The molecule has 2 unspecified atom stereocenters. The lowest BCUT2D eigenvalue weighted by atomic mass is 10.0. The smallest absolute Gasteiger partial charge is 0.238 e. The highest BCUT2D eigenvalue weighted by atomic mass is 35.5. The van der Waals surface area contributed by atoms with Crippen LogP contribution in [-0.4, -0.2) is 25.5 Å². The molecule has 156 valence electrons. The van der Waals surface area contributed by atoms with Gasteiger partial charge < -0.3 is 4.90 Å².